The van der Waals surface area contributed by atoms with Gasteiger partial charge in [-0.15, -0.1) is 0 Å². The lowest BCUT2D eigenvalue weighted by molar-refractivity contribution is -0.136. The predicted molar refractivity (Wildman–Crippen MR) is 122 cm³/mol. The molecule has 0 bridgehead atoms. The Hall–Kier alpha value is -3.47. The number of rotatable bonds is 5. The molecule has 1 aliphatic rings. The van der Waals surface area contributed by atoms with Crippen LogP contribution in [0.15, 0.2) is 82.7 Å². The molecule has 8 heteroatoms. The van der Waals surface area contributed by atoms with Crippen LogP contribution in [0.1, 0.15) is 17.0 Å². The van der Waals surface area contributed by atoms with Crippen LogP contribution in [0.2, 0.25) is 5.02 Å². The highest BCUT2D eigenvalue weighted by atomic mass is 79.9. The molecule has 1 aliphatic heterocycles. The number of nitrogens with zero attached hydrogens (tertiary/aromatic N) is 1. The first-order valence-electron chi connectivity index (χ1n) is 9.51. The summed E-state index contributed by atoms with van der Waals surface area (Å²) in [4.78, 5) is 12.2. The van der Waals surface area contributed by atoms with Crippen LogP contribution in [0.25, 0.3) is 0 Å². The monoisotopic (exact) mass is 510 g/mol. The molecule has 0 radical (unpaired) electrons. The van der Waals surface area contributed by atoms with Gasteiger partial charge in [-0.25, -0.2) is 4.79 Å². The van der Waals surface area contributed by atoms with Crippen molar-refractivity contribution in [1.29, 1.82) is 5.26 Å². The van der Waals surface area contributed by atoms with Crippen LogP contribution in [0.4, 0.5) is 0 Å². The molecule has 2 N–H and O–H groups in total. The predicted octanol–water partition coefficient (Wildman–Crippen LogP) is 5.31. The number of benzene rings is 3. The van der Waals surface area contributed by atoms with E-state index in [0.717, 1.165) is 15.6 Å². The molecule has 160 valence electrons. The minimum atomic E-state index is -0.605. The lowest BCUT2D eigenvalue weighted by Crippen LogP contribution is -2.21. The van der Waals surface area contributed by atoms with Crippen molar-refractivity contribution in [3.63, 3.8) is 0 Å². The van der Waals surface area contributed by atoms with E-state index < -0.39 is 11.9 Å². The molecule has 0 fully saturated rings. The smallest absolute Gasteiger partial charge is 0.349 e. The number of allylic oxidation sites excluding steroid dienone is 1. The van der Waals surface area contributed by atoms with E-state index in [1.165, 1.54) is 0 Å². The Morgan fingerprint density at radius 3 is 2.62 bits per heavy atom. The van der Waals surface area contributed by atoms with Crippen LogP contribution in [-0.4, -0.2) is 12.6 Å². The zero-order valence-corrected chi connectivity index (χ0v) is 18.9. The number of nitrogens with two attached hydrogens (primary N) is 1. The van der Waals surface area contributed by atoms with Gasteiger partial charge >= 0.3 is 5.97 Å². The second-order valence-corrected chi connectivity index (χ2v) is 8.19. The third-order valence-corrected chi connectivity index (χ3v) is 5.65. The van der Waals surface area contributed by atoms with Crippen LogP contribution in [0, 0.1) is 11.3 Å². The van der Waals surface area contributed by atoms with Gasteiger partial charge in [0, 0.05) is 16.1 Å². The third kappa shape index (κ3) is 4.57. The van der Waals surface area contributed by atoms with Gasteiger partial charge in [-0.3, -0.25) is 0 Å². The molecule has 0 saturated heterocycles. The van der Waals surface area contributed by atoms with Crippen molar-refractivity contribution in [2.75, 3.05) is 6.61 Å². The summed E-state index contributed by atoms with van der Waals surface area (Å²) in [5.74, 6) is 0.0696. The summed E-state index contributed by atoms with van der Waals surface area (Å²) in [5, 5.41) is 10.0. The summed E-state index contributed by atoms with van der Waals surface area (Å²) in [6, 6.07) is 21.6. The number of nitriles is 1. The highest BCUT2D eigenvalue weighted by Gasteiger charge is 2.31. The summed E-state index contributed by atoms with van der Waals surface area (Å²) in [6.45, 7) is -0.316. The van der Waals surface area contributed by atoms with E-state index >= 15 is 0 Å². The molecular formula is C24H16BrClN2O4. The average molecular weight is 512 g/mol. The van der Waals surface area contributed by atoms with E-state index in [9.17, 15) is 10.1 Å². The fourth-order valence-corrected chi connectivity index (χ4v) is 3.81. The van der Waals surface area contributed by atoms with Gasteiger partial charge in [0.2, 0.25) is 5.88 Å². The minimum Gasteiger partial charge on any atom is -0.480 e. The standard InChI is InChI=1S/C24H16BrClN2O4/c25-15-7-5-14(6-8-15)23-17-10-9-16(11-21(17)32-24(28)18(23)12-27)31-22(29)13-30-20-4-2-1-3-19(20)26/h1-11,23H,13,28H2. The number of hydrogen-bond donors (Lipinski definition) is 1. The SMILES string of the molecule is N#CC1=C(N)Oc2cc(OC(=O)COc3ccccc3Cl)ccc2C1c1ccc(Br)cc1. The van der Waals surface area contributed by atoms with Crippen LogP contribution < -0.4 is 19.9 Å². The average Bonchev–Trinajstić information content (AvgIpc) is 2.78. The fourth-order valence-electron chi connectivity index (χ4n) is 3.36. The van der Waals surface area contributed by atoms with Crippen LogP contribution in [0.3, 0.4) is 0 Å². The Balaban J connectivity index is 1.55. The van der Waals surface area contributed by atoms with Gasteiger partial charge in [0.25, 0.3) is 0 Å². The maximum absolute atomic E-state index is 12.2. The van der Waals surface area contributed by atoms with Gasteiger partial charge in [-0.05, 0) is 35.9 Å². The number of halogens is 2. The third-order valence-electron chi connectivity index (χ3n) is 4.81. The molecule has 3 aromatic carbocycles. The Bertz CT molecular complexity index is 1250. The van der Waals surface area contributed by atoms with Crippen molar-refractivity contribution in [2.45, 2.75) is 5.92 Å². The summed E-state index contributed by atoms with van der Waals surface area (Å²) in [7, 11) is 0. The topological polar surface area (TPSA) is 94.6 Å². The number of para-hydroxylation sites is 1. The normalized spacial score (nSPS) is 14.7. The number of hydrogen-bond acceptors (Lipinski definition) is 6. The van der Waals surface area contributed by atoms with Crippen molar-refractivity contribution < 1.29 is 19.0 Å². The largest absolute Gasteiger partial charge is 0.480 e. The summed E-state index contributed by atoms with van der Waals surface area (Å²) >= 11 is 9.44. The van der Waals surface area contributed by atoms with Crippen molar-refractivity contribution in [1.82, 2.24) is 0 Å². The number of fused-ring (bicyclic) bond motifs is 1. The zero-order chi connectivity index (χ0) is 22.7. The zero-order valence-electron chi connectivity index (χ0n) is 16.5. The summed E-state index contributed by atoms with van der Waals surface area (Å²) < 4.78 is 17.4. The summed E-state index contributed by atoms with van der Waals surface area (Å²) in [6.07, 6.45) is 0. The Morgan fingerprint density at radius 1 is 1.16 bits per heavy atom. The van der Waals surface area contributed by atoms with Crippen LogP contribution in [-0.2, 0) is 4.79 Å². The summed E-state index contributed by atoms with van der Waals surface area (Å²) in [5.41, 5.74) is 7.97. The Labute approximate surface area is 197 Å². The van der Waals surface area contributed by atoms with Gasteiger partial charge in [0.05, 0.1) is 10.9 Å². The first-order chi connectivity index (χ1) is 15.5. The maximum Gasteiger partial charge on any atom is 0.349 e. The molecule has 1 heterocycles. The molecule has 1 atom stereocenters. The van der Waals surface area contributed by atoms with E-state index in [1.807, 2.05) is 24.3 Å². The quantitative estimate of drug-likeness (QED) is 0.369. The van der Waals surface area contributed by atoms with E-state index in [4.69, 9.17) is 31.5 Å². The number of carbonyl (C=O) groups excluding carboxylic acids is 1. The lowest BCUT2D eigenvalue weighted by atomic mass is 9.83. The van der Waals surface area contributed by atoms with Crippen molar-refractivity contribution in [3.8, 4) is 23.3 Å². The Morgan fingerprint density at radius 2 is 1.91 bits per heavy atom. The highest BCUT2D eigenvalue weighted by molar-refractivity contribution is 9.10. The molecule has 3 aromatic rings. The lowest BCUT2D eigenvalue weighted by Gasteiger charge is -2.26. The van der Waals surface area contributed by atoms with E-state index in [2.05, 4.69) is 22.0 Å². The van der Waals surface area contributed by atoms with E-state index in [-0.39, 0.29) is 18.2 Å². The van der Waals surface area contributed by atoms with Crippen LogP contribution >= 0.6 is 27.5 Å². The van der Waals surface area contributed by atoms with Crippen molar-refractivity contribution in [2.24, 2.45) is 5.73 Å². The van der Waals surface area contributed by atoms with Crippen LogP contribution in [0.5, 0.6) is 17.2 Å². The fraction of sp³-hybridized carbons (Fsp3) is 0.0833. The van der Waals surface area contributed by atoms with Crippen molar-refractivity contribution >= 4 is 33.5 Å². The molecule has 0 aromatic heterocycles. The number of esters is 1. The van der Waals surface area contributed by atoms with Gasteiger partial charge in [-0.1, -0.05) is 57.9 Å². The highest BCUT2D eigenvalue weighted by Crippen LogP contribution is 2.43. The molecule has 0 saturated carbocycles. The van der Waals surface area contributed by atoms with E-state index in [1.54, 1.807) is 42.5 Å². The Kier molecular flexibility index (Phi) is 6.35. The first-order valence-corrected chi connectivity index (χ1v) is 10.7. The molecule has 6 nitrogen and oxygen atoms in total. The van der Waals surface area contributed by atoms with Gasteiger partial charge < -0.3 is 19.9 Å². The second kappa shape index (κ2) is 9.35. The molecule has 4 rings (SSSR count). The maximum atomic E-state index is 12.2. The molecule has 0 aliphatic carbocycles. The van der Waals surface area contributed by atoms with Gasteiger partial charge in [-0.2, -0.15) is 5.26 Å². The molecule has 0 spiro atoms. The molecule has 1 unspecified atom stereocenters. The molecular weight excluding hydrogens is 496 g/mol. The molecule has 0 amide bonds. The second-order valence-electron chi connectivity index (χ2n) is 6.87. The van der Waals surface area contributed by atoms with E-state index in [0.29, 0.717) is 22.1 Å². The number of carbonyl (C=O) groups is 1. The first kappa shape index (κ1) is 21.8. The molecule has 32 heavy (non-hydrogen) atoms. The van der Waals surface area contributed by atoms with Crippen molar-refractivity contribution in [3.05, 3.63) is 98.8 Å². The van der Waals surface area contributed by atoms with Gasteiger partial charge in [0.1, 0.15) is 28.9 Å². The minimum absolute atomic E-state index is 0.0125. The number of ether oxygens (including phenoxy) is 3. The van der Waals surface area contributed by atoms with Gasteiger partial charge in [0.15, 0.2) is 6.61 Å².